The van der Waals surface area contributed by atoms with Gasteiger partial charge < -0.3 is 15.7 Å². The molecule has 3 N–H and O–H groups in total. The molecular formula is C16H24N2O2. The number of nitrogens with zero attached hydrogens (tertiary/aromatic N) is 1. The molecule has 1 amide bonds. The minimum Gasteiger partial charge on any atom is -0.399 e. The zero-order chi connectivity index (χ0) is 14.8. The molecule has 1 aromatic carbocycles. The van der Waals surface area contributed by atoms with Gasteiger partial charge in [0.15, 0.2) is 0 Å². The highest BCUT2D eigenvalue weighted by Crippen LogP contribution is 2.29. The topological polar surface area (TPSA) is 66.6 Å². The van der Waals surface area contributed by atoms with Crippen molar-refractivity contribution in [1.29, 1.82) is 0 Å². The van der Waals surface area contributed by atoms with Gasteiger partial charge in [-0.2, -0.15) is 0 Å². The van der Waals surface area contributed by atoms with Crippen molar-refractivity contribution >= 4 is 11.6 Å². The number of nitrogens with two attached hydrogens (primary N) is 1. The van der Waals surface area contributed by atoms with Gasteiger partial charge in [0.05, 0.1) is 5.60 Å². The predicted octanol–water partition coefficient (Wildman–Crippen LogP) is 2.28. The van der Waals surface area contributed by atoms with Gasteiger partial charge in [-0.05, 0) is 49.4 Å². The van der Waals surface area contributed by atoms with Crippen molar-refractivity contribution in [1.82, 2.24) is 4.90 Å². The molecule has 110 valence electrons. The first-order chi connectivity index (χ1) is 9.39. The zero-order valence-electron chi connectivity index (χ0n) is 12.3. The van der Waals surface area contributed by atoms with Gasteiger partial charge in [-0.15, -0.1) is 0 Å². The fourth-order valence-corrected chi connectivity index (χ4v) is 2.90. The van der Waals surface area contributed by atoms with Crippen molar-refractivity contribution in [3.8, 4) is 0 Å². The maximum Gasteiger partial charge on any atom is 0.253 e. The van der Waals surface area contributed by atoms with E-state index >= 15 is 0 Å². The van der Waals surface area contributed by atoms with Gasteiger partial charge in [-0.3, -0.25) is 4.79 Å². The van der Waals surface area contributed by atoms with E-state index in [-0.39, 0.29) is 5.91 Å². The Hall–Kier alpha value is -1.55. The lowest BCUT2D eigenvalue weighted by atomic mass is 9.84. The van der Waals surface area contributed by atoms with Gasteiger partial charge in [-0.1, -0.05) is 13.8 Å². The van der Waals surface area contributed by atoms with Crippen molar-refractivity contribution in [2.75, 3.05) is 18.8 Å². The summed E-state index contributed by atoms with van der Waals surface area (Å²) >= 11 is 0. The van der Waals surface area contributed by atoms with E-state index in [0.717, 1.165) is 6.42 Å². The maximum absolute atomic E-state index is 12.3. The summed E-state index contributed by atoms with van der Waals surface area (Å²) < 4.78 is 0. The smallest absolute Gasteiger partial charge is 0.253 e. The van der Waals surface area contributed by atoms with Crippen LogP contribution in [0.25, 0.3) is 0 Å². The Kier molecular flexibility index (Phi) is 4.33. The van der Waals surface area contributed by atoms with E-state index in [1.165, 1.54) is 0 Å². The third-order valence-electron chi connectivity index (χ3n) is 3.93. The molecule has 20 heavy (non-hydrogen) atoms. The number of piperidine rings is 1. The number of amides is 1. The number of aliphatic hydroxyl groups is 1. The molecule has 4 nitrogen and oxygen atoms in total. The quantitative estimate of drug-likeness (QED) is 0.832. The molecule has 2 rings (SSSR count). The van der Waals surface area contributed by atoms with Crippen LogP contribution in [-0.2, 0) is 0 Å². The highest BCUT2D eigenvalue weighted by atomic mass is 16.3. The molecule has 1 heterocycles. The number of nitrogen functional groups attached to an aromatic ring is 1. The first kappa shape index (κ1) is 14.9. The SMILES string of the molecule is CC(C)CC1(O)CCN(C(=O)c2ccc(N)cc2)CC1. The molecule has 1 aliphatic heterocycles. The average Bonchev–Trinajstić information content (AvgIpc) is 2.38. The molecular weight excluding hydrogens is 252 g/mol. The van der Waals surface area contributed by atoms with E-state index < -0.39 is 5.60 Å². The second-order valence-electron chi connectivity index (χ2n) is 6.24. The number of benzene rings is 1. The number of likely N-dealkylation sites (tertiary alicyclic amines) is 1. The van der Waals surface area contributed by atoms with Crippen molar-refractivity contribution < 1.29 is 9.90 Å². The molecule has 0 aliphatic carbocycles. The third-order valence-corrected chi connectivity index (χ3v) is 3.93. The molecule has 0 spiro atoms. The van der Waals surface area contributed by atoms with Gasteiger partial charge in [0, 0.05) is 24.3 Å². The van der Waals surface area contributed by atoms with Crippen LogP contribution in [0.4, 0.5) is 5.69 Å². The van der Waals surface area contributed by atoms with Crippen LogP contribution in [0.5, 0.6) is 0 Å². The predicted molar refractivity (Wildman–Crippen MR) is 80.4 cm³/mol. The second-order valence-corrected chi connectivity index (χ2v) is 6.24. The maximum atomic E-state index is 12.3. The van der Waals surface area contributed by atoms with Crippen molar-refractivity contribution in [2.24, 2.45) is 5.92 Å². The van der Waals surface area contributed by atoms with E-state index in [9.17, 15) is 9.90 Å². The Balaban J connectivity index is 1.96. The van der Waals surface area contributed by atoms with Gasteiger partial charge in [0.25, 0.3) is 5.91 Å². The Morgan fingerprint density at radius 3 is 2.35 bits per heavy atom. The summed E-state index contributed by atoms with van der Waals surface area (Å²) in [6.07, 6.45) is 2.12. The van der Waals surface area contributed by atoms with E-state index in [1.807, 2.05) is 4.90 Å². The standard InChI is InChI=1S/C16H24N2O2/c1-12(2)11-16(20)7-9-18(10-8-16)15(19)13-3-5-14(17)6-4-13/h3-6,12,20H,7-11,17H2,1-2H3. The Morgan fingerprint density at radius 2 is 1.85 bits per heavy atom. The monoisotopic (exact) mass is 276 g/mol. The number of carbonyl (C=O) groups is 1. The molecule has 4 heteroatoms. The van der Waals surface area contributed by atoms with Gasteiger partial charge in [0.2, 0.25) is 0 Å². The summed E-state index contributed by atoms with van der Waals surface area (Å²) in [5, 5.41) is 10.5. The highest BCUT2D eigenvalue weighted by molar-refractivity contribution is 5.94. The van der Waals surface area contributed by atoms with Crippen molar-refractivity contribution in [3.63, 3.8) is 0 Å². The lowest BCUT2D eigenvalue weighted by Crippen LogP contribution is -2.47. The van der Waals surface area contributed by atoms with Crippen LogP contribution >= 0.6 is 0 Å². The summed E-state index contributed by atoms with van der Waals surface area (Å²) in [5.41, 5.74) is 6.34. The summed E-state index contributed by atoms with van der Waals surface area (Å²) in [6, 6.07) is 7.00. The Bertz CT molecular complexity index is 460. The molecule has 0 atom stereocenters. The molecule has 0 saturated carbocycles. The number of hydrogen-bond acceptors (Lipinski definition) is 3. The highest BCUT2D eigenvalue weighted by Gasteiger charge is 2.34. The van der Waals surface area contributed by atoms with E-state index in [1.54, 1.807) is 24.3 Å². The normalized spacial score (nSPS) is 18.3. The van der Waals surface area contributed by atoms with E-state index in [2.05, 4.69) is 13.8 Å². The molecule has 0 radical (unpaired) electrons. The fraction of sp³-hybridized carbons (Fsp3) is 0.562. The lowest BCUT2D eigenvalue weighted by molar-refractivity contribution is -0.0310. The first-order valence-electron chi connectivity index (χ1n) is 7.27. The van der Waals surface area contributed by atoms with Crippen LogP contribution in [0.15, 0.2) is 24.3 Å². The summed E-state index contributed by atoms with van der Waals surface area (Å²) in [6.45, 7) is 5.46. The molecule has 1 saturated heterocycles. The van der Waals surface area contributed by atoms with Crippen LogP contribution < -0.4 is 5.73 Å². The molecule has 0 unspecified atom stereocenters. The fourth-order valence-electron chi connectivity index (χ4n) is 2.90. The lowest BCUT2D eigenvalue weighted by Gasteiger charge is -2.39. The van der Waals surface area contributed by atoms with Crippen molar-refractivity contribution in [3.05, 3.63) is 29.8 Å². The largest absolute Gasteiger partial charge is 0.399 e. The number of carbonyl (C=O) groups excluding carboxylic acids is 1. The number of hydrogen-bond donors (Lipinski definition) is 2. The van der Waals surface area contributed by atoms with E-state index in [0.29, 0.717) is 43.1 Å². The molecule has 1 fully saturated rings. The minimum atomic E-state index is -0.605. The molecule has 0 aromatic heterocycles. The first-order valence-corrected chi connectivity index (χ1v) is 7.27. The van der Waals surface area contributed by atoms with Gasteiger partial charge >= 0.3 is 0 Å². The van der Waals surface area contributed by atoms with Gasteiger partial charge in [0.1, 0.15) is 0 Å². The average molecular weight is 276 g/mol. The minimum absolute atomic E-state index is 0.0246. The van der Waals surface area contributed by atoms with Crippen LogP contribution in [0.1, 0.15) is 43.5 Å². The van der Waals surface area contributed by atoms with Crippen LogP contribution in [0.3, 0.4) is 0 Å². The number of rotatable bonds is 3. The van der Waals surface area contributed by atoms with E-state index in [4.69, 9.17) is 5.73 Å². The summed E-state index contributed by atoms with van der Waals surface area (Å²) in [4.78, 5) is 14.2. The Labute approximate surface area is 120 Å². The summed E-state index contributed by atoms with van der Waals surface area (Å²) in [7, 11) is 0. The second kappa shape index (κ2) is 5.83. The van der Waals surface area contributed by atoms with Crippen LogP contribution in [0.2, 0.25) is 0 Å². The molecule has 1 aliphatic rings. The van der Waals surface area contributed by atoms with Crippen molar-refractivity contribution in [2.45, 2.75) is 38.7 Å². The summed E-state index contributed by atoms with van der Waals surface area (Å²) in [5.74, 6) is 0.496. The molecule has 0 bridgehead atoms. The zero-order valence-corrected chi connectivity index (χ0v) is 12.3. The third kappa shape index (κ3) is 3.51. The molecule has 1 aromatic rings. The van der Waals surface area contributed by atoms with Gasteiger partial charge in [-0.25, -0.2) is 0 Å². The number of anilines is 1. The Morgan fingerprint density at radius 1 is 1.30 bits per heavy atom. The van der Waals surface area contributed by atoms with Crippen LogP contribution in [0, 0.1) is 5.92 Å². The van der Waals surface area contributed by atoms with Crippen LogP contribution in [-0.4, -0.2) is 34.6 Å².